The molecule has 0 aromatic carbocycles. The van der Waals surface area contributed by atoms with E-state index in [0.717, 1.165) is 0 Å². The largest absolute Gasteiger partial charge is 0.481 e. The molecule has 0 aliphatic rings. The number of carboxylic acid groups (broad SMARTS) is 1. The molecule has 7 heteroatoms. The number of thiocarbonyl (C=S) groups is 1. The number of carboxylic acids is 1. The third-order valence-corrected chi connectivity index (χ3v) is 0.990. The van der Waals surface area contributed by atoms with Gasteiger partial charge in [-0.2, -0.15) is 0 Å². The second-order valence-electron chi connectivity index (χ2n) is 1.59. The van der Waals surface area contributed by atoms with Gasteiger partial charge in [-0.25, -0.2) is 0 Å². The second kappa shape index (κ2) is 5.54. The van der Waals surface area contributed by atoms with Crippen LogP contribution in [0.3, 0.4) is 0 Å². The van der Waals surface area contributed by atoms with Crippen molar-refractivity contribution in [2.24, 2.45) is 16.2 Å². The van der Waals surface area contributed by atoms with Crippen LogP contribution in [0.5, 0.6) is 0 Å². The predicted octanol–water partition coefficient (Wildman–Crippen LogP) is -0.339. The van der Waals surface area contributed by atoms with Gasteiger partial charge in [-0.05, 0) is 12.2 Å². The summed E-state index contributed by atoms with van der Waals surface area (Å²) in [6.45, 7) is 0.229. The van der Waals surface area contributed by atoms with E-state index in [-0.39, 0.29) is 18.1 Å². The lowest BCUT2D eigenvalue weighted by Gasteiger charge is -1.97. The van der Waals surface area contributed by atoms with Gasteiger partial charge >= 0.3 is 5.97 Å². The van der Waals surface area contributed by atoms with E-state index in [0.29, 0.717) is 0 Å². The third-order valence-electron chi connectivity index (χ3n) is 0.764. The molecule has 0 heterocycles. The average molecular weight is 176 g/mol. The monoisotopic (exact) mass is 176 g/mol. The Morgan fingerprint density at radius 2 is 2.36 bits per heavy atom. The zero-order valence-electron chi connectivity index (χ0n) is 5.65. The summed E-state index contributed by atoms with van der Waals surface area (Å²) in [5.74, 6) is 3.78. The van der Waals surface area contributed by atoms with Crippen molar-refractivity contribution in [3.63, 3.8) is 0 Å². The number of nitrogens with two attached hydrogens (primary N) is 1. The predicted molar refractivity (Wildman–Crippen MR) is 41.9 cm³/mol. The number of hydrogen-bond donors (Lipinski definition) is 3. The molecular formula is C4H8N4O2S. The van der Waals surface area contributed by atoms with E-state index < -0.39 is 5.97 Å². The Kier molecular flexibility index (Phi) is 4.91. The number of nitrogens with zero attached hydrogens (tertiary/aromatic N) is 2. The molecule has 62 valence electrons. The molecule has 0 spiro atoms. The Morgan fingerprint density at radius 3 is 2.82 bits per heavy atom. The average Bonchev–Trinajstić information content (AvgIpc) is 1.87. The van der Waals surface area contributed by atoms with Gasteiger partial charge in [0.25, 0.3) is 0 Å². The van der Waals surface area contributed by atoms with Crippen molar-refractivity contribution in [3.05, 3.63) is 0 Å². The van der Waals surface area contributed by atoms with E-state index in [1.54, 1.807) is 0 Å². The summed E-state index contributed by atoms with van der Waals surface area (Å²) in [7, 11) is 0. The van der Waals surface area contributed by atoms with Gasteiger partial charge < -0.3 is 16.3 Å². The number of hydrogen-bond acceptors (Lipinski definition) is 3. The Hall–Kier alpha value is -1.24. The van der Waals surface area contributed by atoms with Crippen LogP contribution in [0.4, 0.5) is 0 Å². The number of nitrogens with one attached hydrogen (secondary N) is 1. The minimum absolute atomic E-state index is 0.0137. The van der Waals surface area contributed by atoms with Gasteiger partial charge in [-0.3, -0.25) is 4.79 Å². The van der Waals surface area contributed by atoms with Crippen molar-refractivity contribution in [3.8, 4) is 0 Å². The maximum Gasteiger partial charge on any atom is 0.305 e. The van der Waals surface area contributed by atoms with Gasteiger partial charge in [0.05, 0.1) is 6.42 Å². The highest BCUT2D eigenvalue weighted by atomic mass is 32.1. The zero-order chi connectivity index (χ0) is 8.69. The first-order valence-corrected chi connectivity index (χ1v) is 3.18. The van der Waals surface area contributed by atoms with Crippen molar-refractivity contribution < 1.29 is 9.90 Å². The van der Waals surface area contributed by atoms with Crippen LogP contribution in [0.2, 0.25) is 0 Å². The lowest BCUT2D eigenvalue weighted by molar-refractivity contribution is -0.136. The normalized spacial score (nSPS) is 9.82. The standard InChI is InChI=1S/C4H8N4O2S/c5-8-7-4(11)6-2-1-3(9)10/h1-2H2,(H,9,10)(H3,5,6,7,11). The van der Waals surface area contributed by atoms with Gasteiger partial charge in [0, 0.05) is 6.54 Å². The van der Waals surface area contributed by atoms with Crippen LogP contribution in [-0.2, 0) is 4.79 Å². The van der Waals surface area contributed by atoms with E-state index in [9.17, 15) is 4.79 Å². The highest BCUT2D eigenvalue weighted by Gasteiger charge is 1.96. The van der Waals surface area contributed by atoms with Crippen molar-refractivity contribution in [2.75, 3.05) is 6.54 Å². The summed E-state index contributed by atoms with van der Waals surface area (Å²) in [4.78, 5) is 9.98. The fraction of sp³-hybridized carbons (Fsp3) is 0.500. The first kappa shape index (κ1) is 9.76. The Morgan fingerprint density at radius 1 is 1.73 bits per heavy atom. The molecule has 11 heavy (non-hydrogen) atoms. The molecular weight excluding hydrogens is 168 g/mol. The van der Waals surface area contributed by atoms with Crippen LogP contribution in [0.1, 0.15) is 6.42 Å². The SMILES string of the molecule is NN=NC(=S)NCCC(=O)O. The summed E-state index contributed by atoms with van der Waals surface area (Å²) in [6.07, 6.45) is -0.0137. The molecule has 0 aromatic rings. The summed E-state index contributed by atoms with van der Waals surface area (Å²) in [5.41, 5.74) is 0. The minimum atomic E-state index is -0.898. The first-order chi connectivity index (χ1) is 5.16. The zero-order valence-corrected chi connectivity index (χ0v) is 6.47. The molecule has 0 amide bonds. The topological polar surface area (TPSA) is 100 Å². The van der Waals surface area contributed by atoms with Gasteiger partial charge in [-0.1, -0.05) is 5.22 Å². The van der Waals surface area contributed by atoms with Crippen LogP contribution in [0.15, 0.2) is 10.3 Å². The number of rotatable bonds is 3. The molecule has 0 saturated heterocycles. The lowest BCUT2D eigenvalue weighted by atomic mass is 10.4. The summed E-state index contributed by atoms with van der Waals surface area (Å²) >= 11 is 4.56. The summed E-state index contributed by atoms with van der Waals surface area (Å²) in [6, 6.07) is 0. The number of carbonyl (C=O) groups is 1. The number of aliphatic carboxylic acids is 1. The van der Waals surface area contributed by atoms with E-state index in [1.165, 1.54) is 0 Å². The van der Waals surface area contributed by atoms with E-state index in [4.69, 9.17) is 5.11 Å². The molecule has 0 fully saturated rings. The maximum absolute atomic E-state index is 9.98. The molecule has 6 nitrogen and oxygen atoms in total. The minimum Gasteiger partial charge on any atom is -0.481 e. The van der Waals surface area contributed by atoms with Gasteiger partial charge in [0.1, 0.15) is 0 Å². The van der Waals surface area contributed by atoms with Crippen LogP contribution in [-0.4, -0.2) is 22.7 Å². The Labute approximate surface area is 68.5 Å². The molecule has 0 radical (unpaired) electrons. The van der Waals surface area contributed by atoms with Gasteiger partial charge in [0.2, 0.25) is 5.11 Å². The first-order valence-electron chi connectivity index (χ1n) is 2.77. The van der Waals surface area contributed by atoms with Crippen LogP contribution in [0.25, 0.3) is 0 Å². The van der Waals surface area contributed by atoms with E-state index in [1.807, 2.05) is 0 Å². The molecule has 0 aliphatic carbocycles. The Balaban J connectivity index is 3.39. The molecule has 0 unspecified atom stereocenters. The molecule has 0 atom stereocenters. The summed E-state index contributed by atoms with van der Waals surface area (Å²) < 4.78 is 0. The molecule has 0 aliphatic heterocycles. The van der Waals surface area contributed by atoms with Crippen LogP contribution >= 0.6 is 12.2 Å². The highest BCUT2D eigenvalue weighted by Crippen LogP contribution is 1.78. The smallest absolute Gasteiger partial charge is 0.305 e. The van der Waals surface area contributed by atoms with Gasteiger partial charge in [0.15, 0.2) is 0 Å². The quantitative estimate of drug-likeness (QED) is 0.236. The van der Waals surface area contributed by atoms with Crippen molar-refractivity contribution in [1.29, 1.82) is 0 Å². The fourth-order valence-corrected chi connectivity index (χ4v) is 0.513. The van der Waals surface area contributed by atoms with E-state index >= 15 is 0 Å². The van der Waals surface area contributed by atoms with Crippen LogP contribution < -0.4 is 11.2 Å². The Bertz CT molecular complexity index is 181. The second-order valence-corrected chi connectivity index (χ2v) is 1.98. The van der Waals surface area contributed by atoms with Gasteiger partial charge in [-0.15, -0.1) is 5.11 Å². The van der Waals surface area contributed by atoms with E-state index in [2.05, 4.69) is 33.7 Å². The lowest BCUT2D eigenvalue weighted by Crippen LogP contribution is -2.22. The highest BCUT2D eigenvalue weighted by molar-refractivity contribution is 7.80. The van der Waals surface area contributed by atoms with Crippen molar-refractivity contribution in [1.82, 2.24) is 5.32 Å². The summed E-state index contributed by atoms with van der Waals surface area (Å²) in [5, 5.41) is 17.0. The fourth-order valence-electron chi connectivity index (χ4n) is 0.364. The molecule has 0 saturated carbocycles. The molecule has 0 bridgehead atoms. The molecule has 0 aromatic heterocycles. The molecule has 4 N–H and O–H groups in total. The van der Waals surface area contributed by atoms with Crippen LogP contribution in [0, 0.1) is 0 Å². The maximum atomic E-state index is 9.98. The third kappa shape index (κ3) is 6.65. The van der Waals surface area contributed by atoms with Crippen molar-refractivity contribution in [2.45, 2.75) is 6.42 Å². The van der Waals surface area contributed by atoms with Crippen molar-refractivity contribution >= 4 is 23.3 Å². The molecule has 0 rings (SSSR count).